The summed E-state index contributed by atoms with van der Waals surface area (Å²) in [5, 5.41) is 0. The van der Waals surface area contributed by atoms with E-state index in [0.717, 1.165) is 5.56 Å². The van der Waals surface area contributed by atoms with E-state index in [0.29, 0.717) is 18.7 Å². The third-order valence-corrected chi connectivity index (χ3v) is 2.51. The van der Waals surface area contributed by atoms with Crippen molar-refractivity contribution in [3.8, 4) is 0 Å². The lowest BCUT2D eigenvalue weighted by atomic mass is 10.1. The van der Waals surface area contributed by atoms with Gasteiger partial charge in [-0.3, -0.25) is 4.79 Å². The molecule has 2 nitrogen and oxygen atoms in total. The van der Waals surface area contributed by atoms with E-state index in [1.807, 2.05) is 43.3 Å². The Kier molecular flexibility index (Phi) is 5.65. The summed E-state index contributed by atoms with van der Waals surface area (Å²) in [6.45, 7) is 10.2. The smallest absolute Gasteiger partial charge is 0.250 e. The van der Waals surface area contributed by atoms with Gasteiger partial charge in [0.2, 0.25) is 5.91 Å². The van der Waals surface area contributed by atoms with Crippen molar-refractivity contribution < 1.29 is 4.79 Å². The van der Waals surface area contributed by atoms with Gasteiger partial charge in [-0.2, -0.15) is 0 Å². The summed E-state index contributed by atoms with van der Waals surface area (Å²) < 4.78 is 0. The fraction of sp³-hybridized carbons (Fsp3) is 0.188. The summed E-state index contributed by atoms with van der Waals surface area (Å²) in [5.41, 5.74) is 1.74. The van der Waals surface area contributed by atoms with Crippen molar-refractivity contribution in [2.24, 2.45) is 0 Å². The average Bonchev–Trinajstić information content (AvgIpc) is 2.39. The maximum atomic E-state index is 12.2. The van der Waals surface area contributed by atoms with Gasteiger partial charge in [0, 0.05) is 18.7 Å². The molecule has 0 atom stereocenters. The number of carbonyl (C=O) groups excluding carboxylic acids is 1. The summed E-state index contributed by atoms with van der Waals surface area (Å²) in [6, 6.07) is 9.81. The van der Waals surface area contributed by atoms with Crippen LogP contribution in [0.5, 0.6) is 0 Å². The van der Waals surface area contributed by atoms with Gasteiger partial charge in [0.05, 0.1) is 0 Å². The molecule has 1 aromatic rings. The van der Waals surface area contributed by atoms with Crippen molar-refractivity contribution in [3.63, 3.8) is 0 Å². The van der Waals surface area contributed by atoms with E-state index in [1.54, 1.807) is 17.1 Å². The number of rotatable bonds is 6. The molecule has 0 bridgehead atoms. The Morgan fingerprint density at radius 3 is 2.22 bits per heavy atom. The highest BCUT2D eigenvalue weighted by molar-refractivity contribution is 5.97. The van der Waals surface area contributed by atoms with E-state index in [2.05, 4.69) is 13.2 Å². The maximum Gasteiger partial charge on any atom is 0.250 e. The predicted molar refractivity (Wildman–Crippen MR) is 77.1 cm³/mol. The molecule has 0 aliphatic carbocycles. The molecule has 2 heteroatoms. The van der Waals surface area contributed by atoms with E-state index >= 15 is 0 Å². The molecule has 0 saturated heterocycles. The van der Waals surface area contributed by atoms with Gasteiger partial charge in [0.15, 0.2) is 0 Å². The van der Waals surface area contributed by atoms with Crippen molar-refractivity contribution in [2.45, 2.75) is 6.92 Å². The van der Waals surface area contributed by atoms with Crippen molar-refractivity contribution >= 4 is 12.0 Å². The molecule has 0 saturated carbocycles. The second-order valence-electron chi connectivity index (χ2n) is 4.03. The molecule has 0 fully saturated rings. The zero-order valence-corrected chi connectivity index (χ0v) is 10.8. The Morgan fingerprint density at radius 1 is 1.17 bits per heavy atom. The molecule has 0 spiro atoms. The van der Waals surface area contributed by atoms with Crippen LogP contribution in [0.3, 0.4) is 0 Å². The van der Waals surface area contributed by atoms with Crippen LogP contribution in [0.4, 0.5) is 0 Å². The molecule has 0 aliphatic rings. The van der Waals surface area contributed by atoms with Gasteiger partial charge in [-0.05, 0) is 18.6 Å². The lowest BCUT2D eigenvalue weighted by Gasteiger charge is -2.19. The molecule has 1 amide bonds. The molecule has 94 valence electrons. The molecular weight excluding hydrogens is 222 g/mol. The van der Waals surface area contributed by atoms with Crippen molar-refractivity contribution in [3.05, 3.63) is 66.8 Å². The van der Waals surface area contributed by atoms with Crippen LogP contribution in [-0.4, -0.2) is 23.9 Å². The first-order chi connectivity index (χ1) is 8.69. The zero-order chi connectivity index (χ0) is 13.4. The molecule has 0 radical (unpaired) electrons. The molecular formula is C16H19NO. The van der Waals surface area contributed by atoms with Crippen LogP contribution in [-0.2, 0) is 4.79 Å². The monoisotopic (exact) mass is 241 g/mol. The van der Waals surface area contributed by atoms with Crippen LogP contribution in [0.25, 0.3) is 6.08 Å². The zero-order valence-electron chi connectivity index (χ0n) is 10.8. The third-order valence-electron chi connectivity index (χ3n) is 2.51. The predicted octanol–water partition coefficient (Wildman–Crippen LogP) is 3.29. The number of hydrogen-bond acceptors (Lipinski definition) is 1. The molecule has 0 N–H and O–H groups in total. The Morgan fingerprint density at radius 2 is 1.72 bits per heavy atom. The standard InChI is InChI=1S/C16H19NO/c1-4-11-17(12-5-2)16(18)14(3)13-15-9-7-6-8-10-15/h4-10,13H,1-2,11-12H2,3H3. The Bertz CT molecular complexity index is 435. The van der Waals surface area contributed by atoms with E-state index < -0.39 is 0 Å². The SMILES string of the molecule is C=CCN(CC=C)C(=O)C(C)=Cc1ccccc1. The second-order valence-corrected chi connectivity index (χ2v) is 4.03. The first kappa shape index (κ1) is 14.0. The van der Waals surface area contributed by atoms with Gasteiger partial charge < -0.3 is 4.90 Å². The minimum Gasteiger partial charge on any atom is -0.332 e. The highest BCUT2D eigenvalue weighted by atomic mass is 16.2. The van der Waals surface area contributed by atoms with Gasteiger partial charge in [-0.25, -0.2) is 0 Å². The topological polar surface area (TPSA) is 20.3 Å². The van der Waals surface area contributed by atoms with Crippen molar-refractivity contribution in [2.75, 3.05) is 13.1 Å². The van der Waals surface area contributed by atoms with Crippen LogP contribution < -0.4 is 0 Å². The van der Waals surface area contributed by atoms with Crippen LogP contribution in [0.15, 0.2) is 61.2 Å². The van der Waals surface area contributed by atoms with E-state index in [-0.39, 0.29) is 5.91 Å². The Hall–Kier alpha value is -2.09. The molecule has 0 heterocycles. The highest BCUT2D eigenvalue weighted by Gasteiger charge is 2.12. The Balaban J connectivity index is 2.84. The second kappa shape index (κ2) is 7.28. The summed E-state index contributed by atoms with van der Waals surface area (Å²) in [7, 11) is 0. The van der Waals surface area contributed by atoms with Gasteiger partial charge in [-0.15, -0.1) is 13.2 Å². The summed E-state index contributed by atoms with van der Waals surface area (Å²) in [5.74, 6) is 0.0126. The normalized spacial score (nSPS) is 10.8. The fourth-order valence-corrected chi connectivity index (χ4v) is 1.66. The third kappa shape index (κ3) is 4.06. The van der Waals surface area contributed by atoms with Crippen LogP contribution in [0.1, 0.15) is 12.5 Å². The van der Waals surface area contributed by atoms with Gasteiger partial charge in [0.25, 0.3) is 0 Å². The van der Waals surface area contributed by atoms with Gasteiger partial charge in [0.1, 0.15) is 0 Å². The number of nitrogens with zero attached hydrogens (tertiary/aromatic N) is 1. The quantitative estimate of drug-likeness (QED) is 0.553. The average molecular weight is 241 g/mol. The highest BCUT2D eigenvalue weighted by Crippen LogP contribution is 2.09. The molecule has 0 aliphatic heterocycles. The van der Waals surface area contributed by atoms with Gasteiger partial charge >= 0.3 is 0 Å². The molecule has 1 aromatic carbocycles. The molecule has 1 rings (SSSR count). The lowest BCUT2D eigenvalue weighted by molar-refractivity contribution is -0.126. The fourth-order valence-electron chi connectivity index (χ4n) is 1.66. The minimum absolute atomic E-state index is 0.0126. The number of benzene rings is 1. The summed E-state index contributed by atoms with van der Waals surface area (Å²) in [6.07, 6.45) is 5.33. The van der Waals surface area contributed by atoms with E-state index in [1.165, 1.54) is 0 Å². The first-order valence-electron chi connectivity index (χ1n) is 5.93. The molecule has 0 aromatic heterocycles. The van der Waals surface area contributed by atoms with Crippen LogP contribution >= 0.6 is 0 Å². The number of carbonyl (C=O) groups is 1. The maximum absolute atomic E-state index is 12.2. The summed E-state index contributed by atoms with van der Waals surface area (Å²) >= 11 is 0. The van der Waals surface area contributed by atoms with Crippen molar-refractivity contribution in [1.82, 2.24) is 4.90 Å². The first-order valence-corrected chi connectivity index (χ1v) is 5.93. The lowest BCUT2D eigenvalue weighted by Crippen LogP contribution is -2.31. The van der Waals surface area contributed by atoms with Crippen LogP contribution in [0, 0.1) is 0 Å². The molecule has 18 heavy (non-hydrogen) atoms. The minimum atomic E-state index is 0.0126. The van der Waals surface area contributed by atoms with Gasteiger partial charge in [-0.1, -0.05) is 42.5 Å². The number of hydrogen-bond donors (Lipinski definition) is 0. The van der Waals surface area contributed by atoms with E-state index in [4.69, 9.17) is 0 Å². The number of amides is 1. The molecule has 0 unspecified atom stereocenters. The van der Waals surface area contributed by atoms with E-state index in [9.17, 15) is 4.79 Å². The Labute approximate surface area is 109 Å². The largest absolute Gasteiger partial charge is 0.332 e. The summed E-state index contributed by atoms with van der Waals surface area (Å²) in [4.78, 5) is 13.9. The van der Waals surface area contributed by atoms with Crippen LogP contribution in [0.2, 0.25) is 0 Å². The van der Waals surface area contributed by atoms with Crippen molar-refractivity contribution in [1.29, 1.82) is 0 Å².